The molecule has 0 aliphatic heterocycles. The van der Waals surface area contributed by atoms with E-state index in [4.69, 9.17) is 0 Å². The van der Waals surface area contributed by atoms with Gasteiger partial charge in [-0.2, -0.15) is 0 Å². The summed E-state index contributed by atoms with van der Waals surface area (Å²) in [4.78, 5) is 12.1. The van der Waals surface area contributed by atoms with Crippen molar-refractivity contribution in [2.45, 2.75) is 30.5 Å². The third kappa shape index (κ3) is 4.56. The molecule has 2 N–H and O–H groups in total. The summed E-state index contributed by atoms with van der Waals surface area (Å²) in [5, 5.41) is 4.99. The van der Waals surface area contributed by atoms with Crippen molar-refractivity contribution in [3.05, 3.63) is 60.2 Å². The van der Waals surface area contributed by atoms with Gasteiger partial charge in [-0.25, -0.2) is 13.2 Å². The molecule has 0 fully saturated rings. The fourth-order valence-electron chi connectivity index (χ4n) is 1.95. The number of amides is 2. The van der Waals surface area contributed by atoms with E-state index in [9.17, 15) is 13.2 Å². The number of carbonyl (C=O) groups excluding carboxylic acids is 1. The van der Waals surface area contributed by atoms with E-state index >= 15 is 0 Å². The quantitative estimate of drug-likeness (QED) is 0.883. The Labute approximate surface area is 136 Å². The first-order valence-electron chi connectivity index (χ1n) is 7.32. The SMILES string of the molecule is CC(C)S(=O)(=O)c1ccc(CNC(=O)Nc2ccccc2)cc1. The summed E-state index contributed by atoms with van der Waals surface area (Å²) in [6.07, 6.45) is 0. The first-order valence-corrected chi connectivity index (χ1v) is 8.87. The molecule has 0 bridgehead atoms. The number of hydrogen-bond donors (Lipinski definition) is 2. The van der Waals surface area contributed by atoms with Crippen molar-refractivity contribution in [1.82, 2.24) is 5.32 Å². The average Bonchev–Trinajstić information content (AvgIpc) is 2.54. The molecule has 0 spiro atoms. The lowest BCUT2D eigenvalue weighted by Gasteiger charge is -2.10. The smallest absolute Gasteiger partial charge is 0.319 e. The lowest BCUT2D eigenvalue weighted by Crippen LogP contribution is -2.28. The molecule has 0 saturated heterocycles. The number of nitrogens with one attached hydrogen (secondary N) is 2. The second-order valence-corrected chi connectivity index (χ2v) is 7.92. The third-order valence-corrected chi connectivity index (χ3v) is 5.53. The van der Waals surface area contributed by atoms with E-state index in [-0.39, 0.29) is 6.03 Å². The Bertz CT molecular complexity index is 754. The molecule has 0 radical (unpaired) electrons. The molecule has 2 rings (SSSR count). The number of benzene rings is 2. The Morgan fingerprint density at radius 1 is 1.00 bits per heavy atom. The van der Waals surface area contributed by atoms with Crippen LogP contribution in [0.4, 0.5) is 10.5 Å². The summed E-state index contributed by atoms with van der Waals surface area (Å²) in [5.41, 5.74) is 1.54. The van der Waals surface area contributed by atoms with Gasteiger partial charge in [0.25, 0.3) is 0 Å². The number of sulfone groups is 1. The number of para-hydroxylation sites is 1. The maximum atomic E-state index is 12.0. The van der Waals surface area contributed by atoms with Crippen LogP contribution in [0.3, 0.4) is 0 Å². The molecular weight excluding hydrogens is 312 g/mol. The van der Waals surface area contributed by atoms with E-state index < -0.39 is 15.1 Å². The number of anilines is 1. The Kier molecular flexibility index (Phi) is 5.39. The molecule has 2 amide bonds. The Balaban J connectivity index is 1.93. The van der Waals surface area contributed by atoms with Crippen molar-refractivity contribution in [1.29, 1.82) is 0 Å². The van der Waals surface area contributed by atoms with Gasteiger partial charge in [-0.3, -0.25) is 0 Å². The number of urea groups is 1. The topological polar surface area (TPSA) is 75.3 Å². The highest BCUT2D eigenvalue weighted by molar-refractivity contribution is 7.92. The fraction of sp³-hybridized carbons (Fsp3) is 0.235. The highest BCUT2D eigenvalue weighted by atomic mass is 32.2. The second-order valence-electron chi connectivity index (χ2n) is 5.41. The minimum Gasteiger partial charge on any atom is -0.334 e. The second kappa shape index (κ2) is 7.28. The van der Waals surface area contributed by atoms with E-state index in [1.165, 1.54) is 0 Å². The molecule has 0 aliphatic carbocycles. The van der Waals surface area contributed by atoms with E-state index in [2.05, 4.69) is 10.6 Å². The zero-order chi connectivity index (χ0) is 16.9. The van der Waals surface area contributed by atoms with E-state index in [1.54, 1.807) is 50.2 Å². The van der Waals surface area contributed by atoms with Crippen LogP contribution in [0.15, 0.2) is 59.5 Å². The van der Waals surface area contributed by atoms with Gasteiger partial charge in [-0.1, -0.05) is 30.3 Å². The van der Waals surface area contributed by atoms with Crippen LogP contribution in [0, 0.1) is 0 Å². The number of carbonyl (C=O) groups is 1. The summed E-state index contributed by atoms with van der Waals surface area (Å²) >= 11 is 0. The van der Waals surface area contributed by atoms with Gasteiger partial charge in [0.1, 0.15) is 0 Å². The highest BCUT2D eigenvalue weighted by Gasteiger charge is 2.18. The molecule has 2 aromatic rings. The molecule has 0 aromatic heterocycles. The number of rotatable bonds is 5. The zero-order valence-electron chi connectivity index (χ0n) is 13.1. The summed E-state index contributed by atoms with van der Waals surface area (Å²) in [6, 6.07) is 15.4. The minimum atomic E-state index is -3.27. The molecule has 23 heavy (non-hydrogen) atoms. The van der Waals surface area contributed by atoms with E-state index in [1.807, 2.05) is 18.2 Å². The predicted octanol–water partition coefficient (Wildman–Crippen LogP) is 3.19. The van der Waals surface area contributed by atoms with Gasteiger partial charge in [0.2, 0.25) is 0 Å². The van der Waals surface area contributed by atoms with Crippen molar-refractivity contribution in [2.75, 3.05) is 5.32 Å². The predicted molar refractivity (Wildman–Crippen MR) is 91.1 cm³/mol. The number of hydrogen-bond acceptors (Lipinski definition) is 3. The standard InChI is InChI=1S/C17H20N2O3S/c1-13(2)23(21,22)16-10-8-14(9-11-16)12-18-17(20)19-15-6-4-3-5-7-15/h3-11,13H,12H2,1-2H3,(H2,18,19,20). The Morgan fingerprint density at radius 2 is 1.61 bits per heavy atom. The van der Waals surface area contributed by atoms with E-state index in [0.717, 1.165) is 5.56 Å². The Morgan fingerprint density at radius 3 is 2.17 bits per heavy atom. The van der Waals surface area contributed by atoms with Gasteiger partial charge in [0.15, 0.2) is 9.84 Å². The van der Waals surface area contributed by atoms with Crippen molar-refractivity contribution >= 4 is 21.6 Å². The molecule has 122 valence electrons. The Hall–Kier alpha value is -2.34. The van der Waals surface area contributed by atoms with Crippen molar-refractivity contribution in [3.63, 3.8) is 0 Å². The van der Waals surface area contributed by atoms with Crippen molar-refractivity contribution < 1.29 is 13.2 Å². The lowest BCUT2D eigenvalue weighted by atomic mass is 10.2. The van der Waals surface area contributed by atoms with Crippen molar-refractivity contribution in [3.8, 4) is 0 Å². The lowest BCUT2D eigenvalue weighted by molar-refractivity contribution is 0.251. The first-order chi connectivity index (χ1) is 10.9. The third-order valence-electron chi connectivity index (χ3n) is 3.36. The normalized spacial score (nSPS) is 11.3. The van der Waals surface area contributed by atoms with Crippen LogP contribution in [0.5, 0.6) is 0 Å². The maximum absolute atomic E-state index is 12.0. The van der Waals surface area contributed by atoms with Gasteiger partial charge in [-0.05, 0) is 43.7 Å². The van der Waals surface area contributed by atoms with Crippen LogP contribution in [-0.2, 0) is 16.4 Å². The molecule has 0 unspecified atom stereocenters. The highest BCUT2D eigenvalue weighted by Crippen LogP contribution is 2.16. The van der Waals surface area contributed by atoms with Crippen LogP contribution >= 0.6 is 0 Å². The molecule has 0 atom stereocenters. The van der Waals surface area contributed by atoms with Gasteiger partial charge in [0, 0.05) is 12.2 Å². The van der Waals surface area contributed by atoms with Gasteiger partial charge in [-0.15, -0.1) is 0 Å². The zero-order valence-corrected chi connectivity index (χ0v) is 13.9. The van der Waals surface area contributed by atoms with Gasteiger partial charge in [0.05, 0.1) is 10.1 Å². The van der Waals surface area contributed by atoms with Crippen LogP contribution < -0.4 is 10.6 Å². The average molecular weight is 332 g/mol. The maximum Gasteiger partial charge on any atom is 0.319 e. The van der Waals surface area contributed by atoms with Gasteiger partial charge < -0.3 is 10.6 Å². The van der Waals surface area contributed by atoms with Crippen LogP contribution in [-0.4, -0.2) is 19.7 Å². The van der Waals surface area contributed by atoms with Crippen LogP contribution in [0.25, 0.3) is 0 Å². The summed E-state index contributed by atoms with van der Waals surface area (Å²) in [7, 11) is -3.27. The molecule has 0 aliphatic rings. The summed E-state index contributed by atoms with van der Waals surface area (Å²) < 4.78 is 24.1. The monoisotopic (exact) mass is 332 g/mol. The largest absolute Gasteiger partial charge is 0.334 e. The fourth-order valence-corrected chi connectivity index (χ4v) is 3.01. The molecule has 0 saturated carbocycles. The summed E-state index contributed by atoms with van der Waals surface area (Å²) in [5.74, 6) is 0. The molecule has 5 nitrogen and oxygen atoms in total. The molecular formula is C17H20N2O3S. The summed E-state index contributed by atoms with van der Waals surface area (Å²) in [6.45, 7) is 3.62. The molecule has 6 heteroatoms. The molecule has 2 aromatic carbocycles. The first kappa shape index (κ1) is 17.0. The van der Waals surface area contributed by atoms with Crippen LogP contribution in [0.1, 0.15) is 19.4 Å². The molecule has 0 heterocycles. The van der Waals surface area contributed by atoms with Gasteiger partial charge >= 0.3 is 6.03 Å². The minimum absolute atomic E-state index is 0.296. The van der Waals surface area contributed by atoms with Crippen LogP contribution in [0.2, 0.25) is 0 Å². The van der Waals surface area contributed by atoms with E-state index in [0.29, 0.717) is 17.1 Å². The van der Waals surface area contributed by atoms with Crippen molar-refractivity contribution in [2.24, 2.45) is 0 Å².